The van der Waals surface area contributed by atoms with Crippen LogP contribution in [0, 0.1) is 0 Å². The second-order valence-corrected chi connectivity index (χ2v) is 26.7. The van der Waals surface area contributed by atoms with Crippen LogP contribution in [0.2, 0.25) is 0 Å². The second kappa shape index (κ2) is 68.7. The molecule has 96 heavy (non-hydrogen) atoms. The highest BCUT2D eigenvalue weighted by molar-refractivity contribution is 7.47. The van der Waals surface area contributed by atoms with E-state index in [4.69, 9.17) is 37.0 Å². The Morgan fingerprint density at radius 3 is 0.990 bits per heavy atom. The lowest BCUT2D eigenvalue weighted by Crippen LogP contribution is -2.30. The molecule has 5 atom stereocenters. The average molecular weight is 1390 g/mol. The summed E-state index contributed by atoms with van der Waals surface area (Å²) in [5, 5.41) is 10.6. The zero-order valence-corrected chi connectivity index (χ0v) is 61.3. The molecule has 0 bridgehead atoms. The zero-order chi connectivity index (χ0) is 70.4. The van der Waals surface area contributed by atoms with E-state index in [1.54, 1.807) is 6.08 Å². The molecule has 0 saturated carbocycles. The third-order valence-electron chi connectivity index (χ3n) is 14.6. The molecule has 0 fully saturated rings. The number of aliphatic hydroxyl groups excluding tert-OH is 1. The third-order valence-corrected chi connectivity index (χ3v) is 16.5. The number of allylic oxidation sites excluding steroid dienone is 21. The van der Waals surface area contributed by atoms with Crippen molar-refractivity contribution in [2.24, 2.45) is 0 Å². The number of hydrogen-bond acceptors (Lipinski definition) is 15. The minimum Gasteiger partial charge on any atom is -0.462 e. The molecule has 0 aromatic carbocycles. The van der Waals surface area contributed by atoms with Crippen molar-refractivity contribution in [3.05, 3.63) is 134 Å². The van der Waals surface area contributed by atoms with Gasteiger partial charge in [-0.25, -0.2) is 9.13 Å². The summed E-state index contributed by atoms with van der Waals surface area (Å²) in [6.07, 6.45) is 74.9. The monoisotopic (exact) mass is 1390 g/mol. The maximum absolute atomic E-state index is 13.0. The molecular weight excluding hydrogens is 1260 g/mol. The molecule has 0 heterocycles. The van der Waals surface area contributed by atoms with Crippen molar-refractivity contribution in [1.29, 1.82) is 0 Å². The highest BCUT2D eigenvalue weighted by Gasteiger charge is 2.30. The Morgan fingerprint density at radius 1 is 0.312 bits per heavy atom. The molecule has 0 amide bonds. The standard InChI is InChI=1S/C77H128O17P2/c1-5-9-13-17-21-25-29-33-35-39-41-45-49-53-57-61-74(79)87-67-72(93-76(81)63-59-55-51-47-43-37-31-27-23-19-15-11-7-3)69-91-95(83,84)89-65-71(78)66-90-96(85,86)92-70-73(94-77(82)64-60-56-52-48-44-38-32-28-24-20-16-12-8-4)68-88-75(80)62-58-54-50-46-42-40-36-34-30-26-22-18-14-10-6-2/h9-10,13-15,19,21-22,25-27,31,33-36,41-42,45-46,53,57,71-73,78H,5-8,11-12,16-18,20,23-24,28-30,32,37-40,43-44,47-52,54-56,58-70H2,1-4H3,(H,83,84)(H,85,86)/b13-9-,14-10-,19-15-,25-21-,26-22-,31-27-,35-33-,36-34-,45-41-,46-42-,57-53-. The molecule has 3 N–H and O–H groups in total. The zero-order valence-electron chi connectivity index (χ0n) is 59.5. The second-order valence-electron chi connectivity index (χ2n) is 23.8. The number of aliphatic hydroxyl groups is 1. The van der Waals surface area contributed by atoms with Gasteiger partial charge in [0, 0.05) is 19.3 Å². The number of rotatable bonds is 67. The molecule has 0 aromatic heterocycles. The van der Waals surface area contributed by atoms with Crippen molar-refractivity contribution in [2.45, 2.75) is 290 Å². The van der Waals surface area contributed by atoms with E-state index < -0.39 is 97.5 Å². The number of hydrogen-bond donors (Lipinski definition) is 3. The van der Waals surface area contributed by atoms with Gasteiger partial charge in [-0.05, 0) is 116 Å². The summed E-state index contributed by atoms with van der Waals surface area (Å²) in [6.45, 7) is 4.38. The molecule has 0 radical (unpaired) electrons. The highest BCUT2D eigenvalue weighted by atomic mass is 31.2. The van der Waals surface area contributed by atoms with Crippen LogP contribution in [0.3, 0.4) is 0 Å². The molecule has 0 aliphatic carbocycles. The molecule has 0 aromatic rings. The Labute approximate surface area is 580 Å². The van der Waals surface area contributed by atoms with Gasteiger partial charge in [0.15, 0.2) is 12.2 Å². The molecule has 0 saturated heterocycles. The predicted molar refractivity (Wildman–Crippen MR) is 390 cm³/mol. The molecular formula is C77H128O17P2. The minimum atomic E-state index is -5.00. The van der Waals surface area contributed by atoms with Crippen molar-refractivity contribution in [3.8, 4) is 0 Å². The highest BCUT2D eigenvalue weighted by Crippen LogP contribution is 2.45. The Hall–Kier alpha value is -4.80. The van der Waals surface area contributed by atoms with Gasteiger partial charge in [0.25, 0.3) is 0 Å². The molecule has 0 aliphatic rings. The lowest BCUT2D eigenvalue weighted by molar-refractivity contribution is -0.161. The Balaban J connectivity index is 5.45. The summed E-state index contributed by atoms with van der Waals surface area (Å²) in [5.74, 6) is -2.39. The van der Waals surface area contributed by atoms with Crippen molar-refractivity contribution in [2.75, 3.05) is 39.6 Å². The number of unbranched alkanes of at least 4 members (excludes halogenated alkanes) is 20. The largest absolute Gasteiger partial charge is 0.472 e. The van der Waals surface area contributed by atoms with Crippen LogP contribution in [-0.2, 0) is 65.4 Å². The summed E-state index contributed by atoms with van der Waals surface area (Å²) in [4.78, 5) is 72.6. The van der Waals surface area contributed by atoms with Gasteiger partial charge in [0.2, 0.25) is 0 Å². The SMILES string of the molecule is CC/C=C\C/C=C\C/C=C\C/C=C\C/C=C\CC(=O)OCC(COP(=O)(O)OCC(O)COP(=O)(O)OCC(COC(=O)CCCC/C=C\C/C=C\C/C=C\C/C=C\CC)OC(=O)CCCCCCCCCCCCCCC)OC(=O)CCCCCCC/C=C\C/C=C\CCC. The van der Waals surface area contributed by atoms with E-state index in [1.807, 2.05) is 18.2 Å². The van der Waals surface area contributed by atoms with Crippen molar-refractivity contribution >= 4 is 39.5 Å². The maximum atomic E-state index is 13.0. The first-order valence-corrected chi connectivity index (χ1v) is 39.4. The summed E-state index contributed by atoms with van der Waals surface area (Å²) >= 11 is 0. The lowest BCUT2D eigenvalue weighted by Gasteiger charge is -2.21. The van der Waals surface area contributed by atoms with Gasteiger partial charge in [-0.2, -0.15) is 0 Å². The number of esters is 4. The van der Waals surface area contributed by atoms with Crippen LogP contribution in [0.1, 0.15) is 272 Å². The fourth-order valence-electron chi connectivity index (χ4n) is 9.14. The van der Waals surface area contributed by atoms with Gasteiger partial charge in [-0.3, -0.25) is 37.3 Å². The quantitative estimate of drug-likeness (QED) is 0.0169. The first-order valence-electron chi connectivity index (χ1n) is 36.4. The third kappa shape index (κ3) is 67.8. The lowest BCUT2D eigenvalue weighted by atomic mass is 10.0. The van der Waals surface area contributed by atoms with Gasteiger partial charge in [-0.1, -0.05) is 264 Å². The number of phosphoric ester groups is 2. The van der Waals surface area contributed by atoms with Crippen LogP contribution in [0.15, 0.2) is 134 Å². The number of ether oxygens (including phenoxy) is 4. The van der Waals surface area contributed by atoms with Crippen LogP contribution >= 0.6 is 15.6 Å². The van der Waals surface area contributed by atoms with Gasteiger partial charge < -0.3 is 33.8 Å². The number of carbonyl (C=O) groups excluding carboxylic acids is 4. The molecule has 5 unspecified atom stereocenters. The normalized spacial score (nSPS) is 14.8. The molecule has 0 rings (SSSR count). The van der Waals surface area contributed by atoms with E-state index >= 15 is 0 Å². The Morgan fingerprint density at radius 2 is 0.604 bits per heavy atom. The van der Waals surface area contributed by atoms with E-state index in [1.165, 1.54) is 51.4 Å². The Kier molecular flexibility index (Phi) is 65.3. The summed E-state index contributed by atoms with van der Waals surface area (Å²) in [6, 6.07) is 0. The van der Waals surface area contributed by atoms with Crippen molar-refractivity contribution in [1.82, 2.24) is 0 Å². The Bertz CT molecular complexity index is 2350. The smallest absolute Gasteiger partial charge is 0.462 e. The minimum absolute atomic E-state index is 0.0553. The van der Waals surface area contributed by atoms with E-state index in [2.05, 4.69) is 137 Å². The summed E-state index contributed by atoms with van der Waals surface area (Å²) < 4.78 is 68.2. The first kappa shape index (κ1) is 91.2. The summed E-state index contributed by atoms with van der Waals surface area (Å²) in [5.41, 5.74) is 0. The van der Waals surface area contributed by atoms with E-state index in [0.717, 1.165) is 141 Å². The van der Waals surface area contributed by atoms with Crippen LogP contribution in [0.25, 0.3) is 0 Å². The summed E-state index contributed by atoms with van der Waals surface area (Å²) in [7, 11) is -9.99. The fraction of sp³-hybridized carbons (Fsp3) is 0.662. The van der Waals surface area contributed by atoms with E-state index in [0.29, 0.717) is 25.7 Å². The van der Waals surface area contributed by atoms with Crippen LogP contribution in [0.5, 0.6) is 0 Å². The topological polar surface area (TPSA) is 237 Å². The molecule has 548 valence electrons. The first-order chi connectivity index (χ1) is 46.7. The molecule has 0 aliphatic heterocycles. The number of carbonyl (C=O) groups is 4. The van der Waals surface area contributed by atoms with Crippen molar-refractivity contribution in [3.63, 3.8) is 0 Å². The number of phosphoric acid groups is 2. The van der Waals surface area contributed by atoms with Crippen LogP contribution < -0.4 is 0 Å². The maximum Gasteiger partial charge on any atom is 0.472 e. The van der Waals surface area contributed by atoms with Gasteiger partial charge >= 0.3 is 39.5 Å². The van der Waals surface area contributed by atoms with Crippen LogP contribution in [0.4, 0.5) is 0 Å². The molecule has 19 heteroatoms. The van der Waals surface area contributed by atoms with E-state index in [9.17, 15) is 43.2 Å². The fourth-order valence-corrected chi connectivity index (χ4v) is 10.7. The van der Waals surface area contributed by atoms with Crippen LogP contribution in [-0.4, -0.2) is 96.7 Å². The van der Waals surface area contributed by atoms with Crippen molar-refractivity contribution < 1.29 is 80.2 Å². The van der Waals surface area contributed by atoms with E-state index in [-0.39, 0.29) is 25.7 Å². The molecule has 17 nitrogen and oxygen atoms in total. The van der Waals surface area contributed by atoms with Gasteiger partial charge in [0.05, 0.1) is 32.8 Å². The molecule has 0 spiro atoms. The predicted octanol–water partition coefficient (Wildman–Crippen LogP) is 20.5. The van der Waals surface area contributed by atoms with Gasteiger partial charge in [0.1, 0.15) is 19.3 Å². The van der Waals surface area contributed by atoms with Gasteiger partial charge in [-0.15, -0.1) is 0 Å². The average Bonchev–Trinajstić information content (AvgIpc) is 1.14.